The summed E-state index contributed by atoms with van der Waals surface area (Å²) in [6.07, 6.45) is -0.498. The maximum Gasteiger partial charge on any atom is 0.407 e. The Balaban J connectivity index is 1.11. The second-order valence-electron chi connectivity index (χ2n) is 12.8. The van der Waals surface area contributed by atoms with Crippen LogP contribution in [0.15, 0.2) is 97.1 Å². The third-order valence-corrected chi connectivity index (χ3v) is 9.38. The normalized spacial score (nSPS) is 20.0. The van der Waals surface area contributed by atoms with Gasteiger partial charge in [-0.25, -0.2) is 4.79 Å². The number of amides is 1. The highest BCUT2D eigenvalue weighted by Gasteiger charge is 2.40. The van der Waals surface area contributed by atoms with Crippen LogP contribution in [0.5, 0.6) is 5.75 Å². The lowest BCUT2D eigenvalue weighted by Gasteiger charge is -2.43. The van der Waals surface area contributed by atoms with E-state index in [1.165, 1.54) is 10.3 Å². The van der Waals surface area contributed by atoms with Crippen LogP contribution in [0.3, 0.4) is 0 Å². The number of nitrogens with zero attached hydrogens (tertiary/aromatic N) is 2. The number of ether oxygens (including phenoxy) is 5. The van der Waals surface area contributed by atoms with E-state index in [-0.39, 0.29) is 17.9 Å². The SMILES string of the molecule is O=C(O)N1CC(COCCN2CCOCC2)C(c2ccc(OCCCOCc3ccccc3)cc2)C(OCc2ccc3ccccc3c2)C1. The zero-order valence-electron chi connectivity index (χ0n) is 28.2. The molecular weight excluding hydrogens is 620 g/mol. The van der Waals surface area contributed by atoms with Crippen molar-refractivity contribution < 1.29 is 33.6 Å². The molecule has 3 unspecified atom stereocenters. The van der Waals surface area contributed by atoms with E-state index in [9.17, 15) is 9.90 Å². The third kappa shape index (κ3) is 10.3. The van der Waals surface area contributed by atoms with Crippen molar-refractivity contribution >= 4 is 16.9 Å². The predicted molar refractivity (Wildman–Crippen MR) is 189 cm³/mol. The van der Waals surface area contributed by atoms with Gasteiger partial charge >= 0.3 is 6.09 Å². The second-order valence-corrected chi connectivity index (χ2v) is 12.8. The Morgan fingerprint density at radius 2 is 1.55 bits per heavy atom. The Morgan fingerprint density at radius 3 is 2.35 bits per heavy atom. The first-order chi connectivity index (χ1) is 24.1. The van der Waals surface area contributed by atoms with Gasteiger partial charge in [-0.3, -0.25) is 4.90 Å². The highest BCUT2D eigenvalue weighted by atomic mass is 16.5. The summed E-state index contributed by atoms with van der Waals surface area (Å²) in [5.74, 6) is 0.659. The number of fused-ring (bicyclic) bond motifs is 1. The van der Waals surface area contributed by atoms with Gasteiger partial charge in [-0.05, 0) is 45.7 Å². The Labute approximate surface area is 289 Å². The summed E-state index contributed by atoms with van der Waals surface area (Å²) < 4.78 is 30.2. The number of rotatable bonds is 16. The first-order valence-electron chi connectivity index (χ1n) is 17.4. The summed E-state index contributed by atoms with van der Waals surface area (Å²) in [7, 11) is 0. The van der Waals surface area contributed by atoms with Gasteiger partial charge < -0.3 is 33.7 Å². The van der Waals surface area contributed by atoms with E-state index in [0.717, 1.165) is 67.1 Å². The molecule has 2 aliphatic heterocycles. The molecule has 0 spiro atoms. The molecule has 0 bridgehead atoms. The number of hydrogen-bond acceptors (Lipinski definition) is 7. The topological polar surface area (TPSA) is 89.9 Å². The van der Waals surface area contributed by atoms with E-state index in [2.05, 4.69) is 59.5 Å². The maximum absolute atomic E-state index is 12.3. The fraction of sp³-hybridized carbons (Fsp3) is 0.425. The molecule has 4 aromatic rings. The van der Waals surface area contributed by atoms with E-state index in [1.54, 1.807) is 0 Å². The number of hydrogen-bond donors (Lipinski definition) is 1. The van der Waals surface area contributed by atoms with Gasteiger partial charge in [0.25, 0.3) is 0 Å². The van der Waals surface area contributed by atoms with E-state index in [1.807, 2.05) is 42.5 Å². The number of morpholine rings is 1. The molecule has 0 aromatic heterocycles. The maximum atomic E-state index is 12.3. The molecule has 9 heteroatoms. The minimum atomic E-state index is -0.937. The van der Waals surface area contributed by atoms with E-state index < -0.39 is 6.09 Å². The van der Waals surface area contributed by atoms with Crippen molar-refractivity contribution in [3.8, 4) is 5.75 Å². The average Bonchev–Trinajstić information content (AvgIpc) is 3.15. The minimum absolute atomic E-state index is 0.0557. The molecule has 6 rings (SSSR count). The number of benzene rings is 4. The van der Waals surface area contributed by atoms with E-state index in [4.69, 9.17) is 23.7 Å². The molecule has 4 aromatic carbocycles. The van der Waals surface area contributed by atoms with Crippen LogP contribution in [-0.2, 0) is 32.2 Å². The van der Waals surface area contributed by atoms with Crippen LogP contribution in [-0.4, -0.2) is 99.5 Å². The molecule has 49 heavy (non-hydrogen) atoms. The molecule has 2 saturated heterocycles. The number of carbonyl (C=O) groups is 1. The number of carboxylic acid groups (broad SMARTS) is 1. The molecule has 2 fully saturated rings. The van der Waals surface area contributed by atoms with E-state index >= 15 is 0 Å². The lowest BCUT2D eigenvalue weighted by atomic mass is 9.78. The zero-order valence-corrected chi connectivity index (χ0v) is 28.2. The summed E-state index contributed by atoms with van der Waals surface area (Å²) in [5, 5.41) is 12.4. The van der Waals surface area contributed by atoms with Gasteiger partial charge in [0.15, 0.2) is 0 Å². The number of likely N-dealkylation sites (tertiary alicyclic amines) is 1. The molecule has 9 nitrogen and oxygen atoms in total. The third-order valence-electron chi connectivity index (χ3n) is 9.38. The lowest BCUT2D eigenvalue weighted by Crippen LogP contribution is -2.52. The lowest BCUT2D eigenvalue weighted by molar-refractivity contribution is -0.0581. The van der Waals surface area contributed by atoms with Crippen molar-refractivity contribution in [3.63, 3.8) is 0 Å². The molecule has 0 aliphatic carbocycles. The van der Waals surface area contributed by atoms with Crippen LogP contribution >= 0.6 is 0 Å². The highest BCUT2D eigenvalue weighted by Crippen LogP contribution is 2.37. The fourth-order valence-corrected chi connectivity index (χ4v) is 6.75. The second kappa shape index (κ2) is 18.1. The predicted octanol–water partition coefficient (Wildman–Crippen LogP) is 6.45. The van der Waals surface area contributed by atoms with Crippen molar-refractivity contribution in [1.29, 1.82) is 0 Å². The summed E-state index contributed by atoms with van der Waals surface area (Å²) in [6, 6.07) is 32.9. The molecular formula is C40H48N2O7. The molecule has 2 aliphatic rings. The standard InChI is InChI=1S/C40H48N2O7/c43-40(44)42-26-36(30-47-24-19-41-17-22-45-23-18-41)39(38(27-42)49-29-32-11-12-33-9-4-5-10-35(33)25-32)34-13-15-37(16-14-34)48-21-6-20-46-28-31-7-2-1-3-8-31/h1-5,7-16,25,36,38-39H,6,17-24,26-30H2,(H,43,44). The van der Waals surface area contributed by atoms with Crippen LogP contribution < -0.4 is 4.74 Å². The van der Waals surface area contributed by atoms with Gasteiger partial charge in [0.1, 0.15) is 5.75 Å². The Hall–Kier alpha value is -3.99. The van der Waals surface area contributed by atoms with Gasteiger partial charge in [0, 0.05) is 44.4 Å². The fourth-order valence-electron chi connectivity index (χ4n) is 6.75. The van der Waals surface area contributed by atoms with Crippen LogP contribution in [0.1, 0.15) is 29.0 Å². The van der Waals surface area contributed by atoms with Gasteiger partial charge in [-0.1, -0.05) is 78.9 Å². The number of piperidine rings is 1. The minimum Gasteiger partial charge on any atom is -0.494 e. The largest absolute Gasteiger partial charge is 0.494 e. The van der Waals surface area contributed by atoms with Gasteiger partial charge in [-0.2, -0.15) is 0 Å². The quantitative estimate of drug-likeness (QED) is 0.136. The zero-order chi connectivity index (χ0) is 33.7. The smallest absolute Gasteiger partial charge is 0.407 e. The molecule has 0 saturated carbocycles. The average molecular weight is 669 g/mol. The monoisotopic (exact) mass is 668 g/mol. The van der Waals surface area contributed by atoms with Crippen molar-refractivity contribution in [2.45, 2.75) is 31.7 Å². The molecule has 1 N–H and O–H groups in total. The molecule has 1 amide bonds. The van der Waals surface area contributed by atoms with Crippen LogP contribution in [0, 0.1) is 5.92 Å². The Bertz CT molecular complexity index is 1580. The van der Waals surface area contributed by atoms with Gasteiger partial charge in [0.2, 0.25) is 0 Å². The van der Waals surface area contributed by atoms with Gasteiger partial charge in [0.05, 0.1) is 65.5 Å². The van der Waals surface area contributed by atoms with Crippen molar-refractivity contribution in [2.24, 2.45) is 5.92 Å². The molecule has 0 radical (unpaired) electrons. The summed E-state index contributed by atoms with van der Waals surface area (Å²) in [4.78, 5) is 16.1. The van der Waals surface area contributed by atoms with Crippen molar-refractivity contribution in [1.82, 2.24) is 9.80 Å². The summed E-state index contributed by atoms with van der Waals surface area (Å²) in [6.45, 7) is 7.99. The van der Waals surface area contributed by atoms with Crippen molar-refractivity contribution in [3.05, 3.63) is 114 Å². The first-order valence-corrected chi connectivity index (χ1v) is 17.4. The van der Waals surface area contributed by atoms with Crippen molar-refractivity contribution in [2.75, 3.05) is 72.4 Å². The Kier molecular flexibility index (Phi) is 12.9. The van der Waals surface area contributed by atoms with E-state index in [0.29, 0.717) is 52.7 Å². The molecule has 260 valence electrons. The molecule has 3 atom stereocenters. The van der Waals surface area contributed by atoms with Gasteiger partial charge in [-0.15, -0.1) is 0 Å². The van der Waals surface area contributed by atoms with Crippen LogP contribution in [0.4, 0.5) is 4.79 Å². The summed E-state index contributed by atoms with van der Waals surface area (Å²) in [5.41, 5.74) is 3.31. The summed E-state index contributed by atoms with van der Waals surface area (Å²) >= 11 is 0. The van der Waals surface area contributed by atoms with Crippen LogP contribution in [0.25, 0.3) is 10.8 Å². The highest BCUT2D eigenvalue weighted by molar-refractivity contribution is 5.82. The van der Waals surface area contributed by atoms with Crippen LogP contribution in [0.2, 0.25) is 0 Å². The molecule has 2 heterocycles. The Morgan fingerprint density at radius 1 is 0.776 bits per heavy atom. The first kappa shape index (κ1) is 34.9.